The van der Waals surface area contributed by atoms with Crippen molar-refractivity contribution in [3.8, 4) is 0 Å². The molecule has 0 bridgehead atoms. The Bertz CT molecular complexity index is 713. The van der Waals surface area contributed by atoms with E-state index in [2.05, 4.69) is 26.6 Å². The molecule has 1 aliphatic heterocycles. The van der Waals surface area contributed by atoms with E-state index in [1.807, 2.05) is 18.2 Å². The third kappa shape index (κ3) is 5.42. The molecular weight excluding hydrogens is 356 g/mol. The molecule has 1 aromatic heterocycles. The molecule has 25 heavy (non-hydrogen) atoms. The summed E-state index contributed by atoms with van der Waals surface area (Å²) in [5.74, 6) is -0.130. The van der Waals surface area contributed by atoms with Gasteiger partial charge in [-0.2, -0.15) is 0 Å². The van der Waals surface area contributed by atoms with Gasteiger partial charge in [0.2, 0.25) is 5.91 Å². The number of benzene rings is 1. The molecule has 0 unspecified atom stereocenters. The zero-order valence-corrected chi connectivity index (χ0v) is 15.7. The Hall–Kier alpha value is -1.63. The van der Waals surface area contributed by atoms with Crippen LogP contribution in [0.3, 0.4) is 0 Å². The highest BCUT2D eigenvalue weighted by molar-refractivity contribution is 7.13. The number of amides is 1. The summed E-state index contributed by atoms with van der Waals surface area (Å²) < 4.78 is 0. The normalized spacial score (nSPS) is 16.0. The lowest BCUT2D eigenvalue weighted by Crippen LogP contribution is -2.38. The lowest BCUT2D eigenvalue weighted by atomic mass is 9.96. The number of aromatic nitrogens is 1. The predicted octanol–water partition coefficient (Wildman–Crippen LogP) is 3.15. The minimum absolute atomic E-state index is 0.0374. The molecule has 3 rings (SSSR count). The number of nitrogens with two attached hydrogens (primary N) is 1. The number of carbonyl (C=O) groups excluding carboxylic acids is 1. The summed E-state index contributed by atoms with van der Waals surface area (Å²) in [7, 11) is 0. The van der Waals surface area contributed by atoms with Gasteiger partial charge in [0, 0.05) is 29.4 Å². The van der Waals surface area contributed by atoms with Crippen LogP contribution in [0.4, 0.5) is 5.13 Å². The fourth-order valence-electron chi connectivity index (χ4n) is 3.07. The van der Waals surface area contributed by atoms with Crippen molar-refractivity contribution in [1.82, 2.24) is 9.88 Å². The smallest absolute Gasteiger partial charge is 0.220 e. The molecule has 0 aliphatic carbocycles. The van der Waals surface area contributed by atoms with E-state index in [-0.39, 0.29) is 11.8 Å². The topological polar surface area (TPSA) is 71.2 Å². The summed E-state index contributed by atoms with van der Waals surface area (Å²) in [5.41, 5.74) is 7.67. The Morgan fingerprint density at radius 2 is 2.20 bits per heavy atom. The van der Waals surface area contributed by atoms with Gasteiger partial charge in [0.25, 0.3) is 0 Å². The lowest BCUT2D eigenvalue weighted by Gasteiger charge is -2.29. The van der Waals surface area contributed by atoms with Gasteiger partial charge in [-0.15, -0.1) is 11.3 Å². The van der Waals surface area contributed by atoms with Crippen LogP contribution in [0.1, 0.15) is 24.1 Å². The van der Waals surface area contributed by atoms with Crippen molar-refractivity contribution in [1.29, 1.82) is 0 Å². The van der Waals surface area contributed by atoms with Crippen LogP contribution < -0.4 is 11.1 Å². The van der Waals surface area contributed by atoms with Gasteiger partial charge in [-0.05, 0) is 50.0 Å². The first-order chi connectivity index (χ1) is 12.1. The minimum Gasteiger partial charge on any atom is -0.369 e. The number of likely N-dealkylation sites (tertiary alicyclic amines) is 1. The van der Waals surface area contributed by atoms with Crippen LogP contribution in [-0.4, -0.2) is 35.4 Å². The first kappa shape index (κ1) is 18.2. The van der Waals surface area contributed by atoms with Crippen LogP contribution in [0.2, 0.25) is 5.02 Å². The number of thiazole rings is 1. The van der Waals surface area contributed by atoms with E-state index in [9.17, 15) is 4.79 Å². The number of anilines is 1. The quantitative estimate of drug-likeness (QED) is 0.776. The molecule has 0 atom stereocenters. The second kappa shape index (κ2) is 8.65. The molecule has 1 amide bonds. The van der Waals surface area contributed by atoms with E-state index in [0.717, 1.165) is 61.3 Å². The molecule has 0 radical (unpaired) electrons. The molecule has 1 fully saturated rings. The van der Waals surface area contributed by atoms with E-state index in [0.29, 0.717) is 0 Å². The molecule has 2 heterocycles. The number of hydrogen-bond acceptors (Lipinski definition) is 5. The van der Waals surface area contributed by atoms with Crippen LogP contribution in [0.15, 0.2) is 29.6 Å². The highest BCUT2D eigenvalue weighted by Crippen LogP contribution is 2.21. The number of rotatable bonds is 7. The second-order valence-corrected chi connectivity index (χ2v) is 7.70. The summed E-state index contributed by atoms with van der Waals surface area (Å²) in [5, 5.41) is 7.20. The number of primary amides is 1. The standard InChI is InChI=1S/C18H23ClN4OS/c19-15-3-1-2-13(10-15)4-7-21-18-22-16(12-25-18)11-23-8-5-14(6-9-23)17(20)24/h1-3,10,12,14H,4-9,11H2,(H2,20,24)(H,21,22). The third-order valence-corrected chi connectivity index (χ3v) is 5.59. The largest absolute Gasteiger partial charge is 0.369 e. The van der Waals surface area contributed by atoms with Crippen LogP contribution >= 0.6 is 22.9 Å². The maximum absolute atomic E-state index is 11.2. The average Bonchev–Trinajstić information content (AvgIpc) is 3.03. The molecule has 1 aliphatic rings. The Morgan fingerprint density at radius 1 is 1.40 bits per heavy atom. The van der Waals surface area contributed by atoms with E-state index >= 15 is 0 Å². The zero-order valence-electron chi connectivity index (χ0n) is 14.1. The average molecular weight is 379 g/mol. The molecule has 2 aromatic rings. The highest BCUT2D eigenvalue weighted by atomic mass is 35.5. The zero-order chi connectivity index (χ0) is 17.6. The van der Waals surface area contributed by atoms with Crippen molar-refractivity contribution >= 4 is 34.0 Å². The Labute approximate surface area is 157 Å². The van der Waals surface area contributed by atoms with Crippen LogP contribution in [-0.2, 0) is 17.8 Å². The fraction of sp³-hybridized carbons (Fsp3) is 0.444. The first-order valence-corrected chi connectivity index (χ1v) is 9.80. The summed E-state index contributed by atoms with van der Waals surface area (Å²) in [6.45, 7) is 3.47. The van der Waals surface area contributed by atoms with Crippen LogP contribution in [0, 0.1) is 5.92 Å². The van der Waals surface area contributed by atoms with Gasteiger partial charge in [-0.3, -0.25) is 9.69 Å². The van der Waals surface area contributed by atoms with Gasteiger partial charge in [-0.25, -0.2) is 4.98 Å². The number of hydrogen-bond donors (Lipinski definition) is 2. The van der Waals surface area contributed by atoms with Crippen LogP contribution in [0.5, 0.6) is 0 Å². The molecule has 0 spiro atoms. The fourth-order valence-corrected chi connectivity index (χ4v) is 4.01. The van der Waals surface area contributed by atoms with Gasteiger partial charge in [0.1, 0.15) is 0 Å². The van der Waals surface area contributed by atoms with Crippen molar-refractivity contribution in [3.63, 3.8) is 0 Å². The number of carbonyl (C=O) groups is 1. The molecule has 7 heteroatoms. The molecule has 5 nitrogen and oxygen atoms in total. The third-order valence-electron chi connectivity index (χ3n) is 4.51. The summed E-state index contributed by atoms with van der Waals surface area (Å²) in [6, 6.07) is 7.93. The maximum atomic E-state index is 11.2. The van der Waals surface area contributed by atoms with Gasteiger partial charge in [-0.1, -0.05) is 23.7 Å². The monoisotopic (exact) mass is 378 g/mol. The van der Waals surface area contributed by atoms with E-state index < -0.39 is 0 Å². The number of halogens is 1. The summed E-state index contributed by atoms with van der Waals surface area (Å²) >= 11 is 7.63. The molecule has 3 N–H and O–H groups in total. The van der Waals surface area contributed by atoms with E-state index in [1.54, 1.807) is 11.3 Å². The first-order valence-electron chi connectivity index (χ1n) is 8.54. The van der Waals surface area contributed by atoms with Gasteiger partial charge < -0.3 is 11.1 Å². The van der Waals surface area contributed by atoms with Gasteiger partial charge >= 0.3 is 0 Å². The van der Waals surface area contributed by atoms with Crippen molar-refractivity contribution in [2.45, 2.75) is 25.8 Å². The Morgan fingerprint density at radius 3 is 2.92 bits per heavy atom. The summed E-state index contributed by atoms with van der Waals surface area (Å²) in [6.07, 6.45) is 2.62. The number of piperidine rings is 1. The Balaban J connectivity index is 1.42. The summed E-state index contributed by atoms with van der Waals surface area (Å²) in [4.78, 5) is 18.2. The predicted molar refractivity (Wildman–Crippen MR) is 103 cm³/mol. The molecule has 0 saturated carbocycles. The molecule has 134 valence electrons. The molecular formula is C18H23ClN4OS. The second-order valence-electron chi connectivity index (χ2n) is 6.40. The minimum atomic E-state index is -0.167. The van der Waals surface area contributed by atoms with Gasteiger partial charge in [0.15, 0.2) is 5.13 Å². The van der Waals surface area contributed by atoms with Crippen molar-refractivity contribution in [2.75, 3.05) is 25.0 Å². The highest BCUT2D eigenvalue weighted by Gasteiger charge is 2.23. The van der Waals surface area contributed by atoms with Crippen molar-refractivity contribution < 1.29 is 4.79 Å². The lowest BCUT2D eigenvalue weighted by molar-refractivity contribution is -0.123. The van der Waals surface area contributed by atoms with E-state index in [4.69, 9.17) is 17.3 Å². The molecule has 1 aromatic carbocycles. The van der Waals surface area contributed by atoms with Crippen LogP contribution in [0.25, 0.3) is 0 Å². The SMILES string of the molecule is NC(=O)C1CCN(Cc2csc(NCCc3cccc(Cl)c3)n2)CC1. The number of nitrogens with one attached hydrogen (secondary N) is 1. The Kier molecular flexibility index (Phi) is 6.29. The van der Waals surface area contributed by atoms with Crippen molar-refractivity contribution in [2.24, 2.45) is 11.7 Å². The maximum Gasteiger partial charge on any atom is 0.220 e. The van der Waals surface area contributed by atoms with Gasteiger partial charge in [0.05, 0.1) is 5.69 Å². The number of nitrogens with zero attached hydrogens (tertiary/aromatic N) is 2. The van der Waals surface area contributed by atoms with E-state index in [1.165, 1.54) is 5.56 Å². The molecule has 1 saturated heterocycles. The van der Waals surface area contributed by atoms with Crippen molar-refractivity contribution in [3.05, 3.63) is 45.9 Å².